The maximum Gasteiger partial charge on any atom is 0.172 e. The summed E-state index contributed by atoms with van der Waals surface area (Å²) in [6.45, 7) is 0. The van der Waals surface area contributed by atoms with Crippen LogP contribution in [0.5, 0.6) is 5.75 Å². The predicted octanol–water partition coefficient (Wildman–Crippen LogP) is 2.99. The first kappa shape index (κ1) is 12.5. The number of nitriles is 1. The molecule has 0 unspecified atom stereocenters. The van der Waals surface area contributed by atoms with Crippen LogP contribution in [0.25, 0.3) is 11.0 Å². The monoisotopic (exact) mass is 282 g/mol. The van der Waals surface area contributed by atoms with E-state index in [9.17, 15) is 0 Å². The van der Waals surface area contributed by atoms with Gasteiger partial charge < -0.3 is 9.72 Å². The lowest BCUT2D eigenvalue weighted by molar-refractivity contribution is 0.415. The van der Waals surface area contributed by atoms with Crippen LogP contribution in [0.15, 0.2) is 46.7 Å². The highest BCUT2D eigenvalue weighted by atomic mass is 32.2. The van der Waals surface area contributed by atoms with E-state index in [0.29, 0.717) is 5.56 Å². The Morgan fingerprint density at radius 2 is 2.20 bits per heavy atom. The van der Waals surface area contributed by atoms with Gasteiger partial charge in [0.15, 0.2) is 5.16 Å². The van der Waals surface area contributed by atoms with Crippen LogP contribution in [0, 0.1) is 11.3 Å². The van der Waals surface area contributed by atoms with E-state index < -0.39 is 0 Å². The molecule has 98 valence electrons. The number of hydrogen-bond acceptors (Lipinski definition) is 5. The van der Waals surface area contributed by atoms with Crippen LogP contribution in [0.3, 0.4) is 0 Å². The molecule has 0 saturated heterocycles. The number of ether oxygens (including phenoxy) is 1. The Kier molecular flexibility index (Phi) is 3.27. The van der Waals surface area contributed by atoms with Crippen LogP contribution in [0.1, 0.15) is 5.56 Å². The van der Waals surface area contributed by atoms with Crippen molar-refractivity contribution in [2.24, 2.45) is 0 Å². The Bertz CT molecular complexity index is 789. The summed E-state index contributed by atoms with van der Waals surface area (Å²) in [5.74, 6) is 0.786. The molecule has 0 saturated carbocycles. The zero-order valence-electron chi connectivity index (χ0n) is 10.6. The van der Waals surface area contributed by atoms with Crippen LogP contribution in [0.4, 0.5) is 0 Å². The first-order chi connectivity index (χ1) is 9.78. The molecule has 0 aliphatic carbocycles. The van der Waals surface area contributed by atoms with Gasteiger partial charge >= 0.3 is 0 Å². The molecule has 0 aliphatic rings. The minimum atomic E-state index is 0.545. The number of nitrogens with zero attached hydrogens (tertiary/aromatic N) is 3. The van der Waals surface area contributed by atoms with Crippen LogP contribution >= 0.6 is 11.8 Å². The fraction of sp³-hybridized carbons (Fsp3) is 0.0714. The molecule has 3 aromatic rings. The third-order valence-electron chi connectivity index (χ3n) is 2.73. The van der Waals surface area contributed by atoms with Crippen molar-refractivity contribution < 1.29 is 4.74 Å². The second-order valence-corrected chi connectivity index (χ2v) is 5.03. The summed E-state index contributed by atoms with van der Waals surface area (Å²) in [6.07, 6.45) is 1.55. The third kappa shape index (κ3) is 2.44. The third-order valence-corrected chi connectivity index (χ3v) is 3.57. The zero-order chi connectivity index (χ0) is 13.9. The fourth-order valence-corrected chi connectivity index (χ4v) is 2.49. The number of fused-ring (bicyclic) bond motifs is 1. The standard InChI is InChI=1S/C14H10N4OS/c1-19-10-3-4-11-12(6-10)18-14(17-11)20-13-5-2-9(7-15)8-16-13/h2-6,8H,1H3,(H,17,18). The van der Waals surface area contributed by atoms with Crippen molar-refractivity contribution >= 4 is 22.8 Å². The van der Waals surface area contributed by atoms with Gasteiger partial charge in [-0.2, -0.15) is 5.26 Å². The van der Waals surface area contributed by atoms with Crippen molar-refractivity contribution in [3.8, 4) is 11.8 Å². The molecule has 5 nitrogen and oxygen atoms in total. The van der Waals surface area contributed by atoms with Gasteiger partial charge in [-0.25, -0.2) is 9.97 Å². The first-order valence-electron chi connectivity index (χ1n) is 5.86. The highest BCUT2D eigenvalue weighted by Gasteiger charge is 2.06. The number of aromatic nitrogens is 3. The molecule has 6 heteroatoms. The van der Waals surface area contributed by atoms with Crippen molar-refractivity contribution in [3.05, 3.63) is 42.1 Å². The summed E-state index contributed by atoms with van der Waals surface area (Å²) in [6, 6.07) is 11.3. The van der Waals surface area contributed by atoms with E-state index in [4.69, 9.17) is 10.00 Å². The number of imidazole rings is 1. The summed E-state index contributed by atoms with van der Waals surface area (Å²) in [5.41, 5.74) is 2.34. The van der Waals surface area contributed by atoms with Crippen molar-refractivity contribution in [2.45, 2.75) is 10.2 Å². The summed E-state index contributed by atoms with van der Waals surface area (Å²) in [5, 5.41) is 10.3. The topological polar surface area (TPSA) is 74.6 Å². The minimum absolute atomic E-state index is 0.545. The highest BCUT2D eigenvalue weighted by molar-refractivity contribution is 7.99. The number of methoxy groups -OCH3 is 1. The number of hydrogen-bond donors (Lipinski definition) is 1. The lowest BCUT2D eigenvalue weighted by atomic mass is 10.3. The van der Waals surface area contributed by atoms with E-state index in [2.05, 4.69) is 15.0 Å². The van der Waals surface area contributed by atoms with Crippen LogP contribution in [-0.2, 0) is 0 Å². The molecule has 0 spiro atoms. The Labute approximate surface area is 119 Å². The maximum absolute atomic E-state index is 8.74. The number of aromatic amines is 1. The van der Waals surface area contributed by atoms with Gasteiger partial charge in [0, 0.05) is 12.3 Å². The van der Waals surface area contributed by atoms with Gasteiger partial charge in [-0.05, 0) is 36.0 Å². The van der Waals surface area contributed by atoms with Crippen molar-refractivity contribution in [1.82, 2.24) is 15.0 Å². The molecule has 2 aromatic heterocycles. The average Bonchev–Trinajstić information content (AvgIpc) is 2.89. The van der Waals surface area contributed by atoms with E-state index >= 15 is 0 Å². The van der Waals surface area contributed by atoms with Crippen LogP contribution < -0.4 is 4.74 Å². The summed E-state index contributed by atoms with van der Waals surface area (Å²) in [7, 11) is 1.63. The van der Waals surface area contributed by atoms with Gasteiger partial charge in [-0.1, -0.05) is 0 Å². The minimum Gasteiger partial charge on any atom is -0.497 e. The zero-order valence-corrected chi connectivity index (χ0v) is 11.4. The number of benzene rings is 1. The van der Waals surface area contributed by atoms with E-state index in [1.165, 1.54) is 11.8 Å². The second kappa shape index (κ2) is 5.23. The van der Waals surface area contributed by atoms with E-state index in [1.807, 2.05) is 24.3 Å². The quantitative estimate of drug-likeness (QED) is 0.799. The lowest BCUT2D eigenvalue weighted by Crippen LogP contribution is -1.82. The molecule has 0 fully saturated rings. The molecule has 0 radical (unpaired) electrons. The molecular formula is C14H10N4OS. The van der Waals surface area contributed by atoms with Gasteiger partial charge in [0.2, 0.25) is 0 Å². The molecule has 0 amide bonds. The first-order valence-corrected chi connectivity index (χ1v) is 6.68. The molecular weight excluding hydrogens is 272 g/mol. The molecule has 2 heterocycles. The van der Waals surface area contributed by atoms with E-state index in [1.54, 1.807) is 25.4 Å². The fourth-order valence-electron chi connectivity index (χ4n) is 1.75. The molecule has 1 aromatic carbocycles. The van der Waals surface area contributed by atoms with Crippen LogP contribution in [-0.4, -0.2) is 22.1 Å². The normalized spacial score (nSPS) is 10.4. The Morgan fingerprint density at radius 3 is 2.90 bits per heavy atom. The summed E-state index contributed by atoms with van der Waals surface area (Å²) in [4.78, 5) is 11.9. The average molecular weight is 282 g/mol. The molecule has 3 rings (SSSR count). The Balaban J connectivity index is 1.88. The van der Waals surface area contributed by atoms with E-state index in [-0.39, 0.29) is 0 Å². The summed E-state index contributed by atoms with van der Waals surface area (Å²) >= 11 is 1.42. The van der Waals surface area contributed by atoms with Crippen LogP contribution in [0.2, 0.25) is 0 Å². The SMILES string of the molecule is COc1ccc2nc(Sc3ccc(C#N)cn3)[nH]c2c1. The molecule has 20 heavy (non-hydrogen) atoms. The number of rotatable bonds is 3. The van der Waals surface area contributed by atoms with Crippen molar-refractivity contribution in [2.75, 3.05) is 7.11 Å². The summed E-state index contributed by atoms with van der Waals surface area (Å²) < 4.78 is 5.18. The van der Waals surface area contributed by atoms with Gasteiger partial charge in [0.05, 0.1) is 23.7 Å². The number of H-pyrrole nitrogens is 1. The maximum atomic E-state index is 8.74. The van der Waals surface area contributed by atoms with E-state index in [0.717, 1.165) is 27.0 Å². The largest absolute Gasteiger partial charge is 0.497 e. The second-order valence-electron chi connectivity index (χ2n) is 4.02. The van der Waals surface area contributed by atoms with Gasteiger partial charge in [-0.3, -0.25) is 0 Å². The van der Waals surface area contributed by atoms with Crippen molar-refractivity contribution in [1.29, 1.82) is 5.26 Å². The number of pyridine rings is 1. The van der Waals surface area contributed by atoms with Gasteiger partial charge in [-0.15, -0.1) is 0 Å². The van der Waals surface area contributed by atoms with Gasteiger partial charge in [0.1, 0.15) is 16.8 Å². The molecule has 1 N–H and O–H groups in total. The smallest absolute Gasteiger partial charge is 0.172 e. The highest BCUT2D eigenvalue weighted by Crippen LogP contribution is 2.27. The predicted molar refractivity (Wildman–Crippen MR) is 75.7 cm³/mol. The Morgan fingerprint density at radius 1 is 1.30 bits per heavy atom. The molecule has 0 atom stereocenters. The molecule has 0 aliphatic heterocycles. The molecule has 0 bridgehead atoms. The lowest BCUT2D eigenvalue weighted by Gasteiger charge is -1.97. The Hall–Kier alpha value is -2.52. The number of nitrogens with one attached hydrogen (secondary N) is 1. The van der Waals surface area contributed by atoms with Gasteiger partial charge in [0.25, 0.3) is 0 Å². The van der Waals surface area contributed by atoms with Crippen molar-refractivity contribution in [3.63, 3.8) is 0 Å².